The van der Waals surface area contributed by atoms with Crippen LogP contribution in [0.5, 0.6) is 0 Å². The molecule has 0 saturated heterocycles. The first-order chi connectivity index (χ1) is 19.2. The van der Waals surface area contributed by atoms with Crippen LogP contribution in [0.1, 0.15) is 167 Å². The molecule has 1 unspecified atom stereocenters. The number of benzene rings is 1. The summed E-state index contributed by atoms with van der Waals surface area (Å²) in [5.41, 5.74) is 1.04. The molecule has 1 aromatic rings. The van der Waals surface area contributed by atoms with Crippen molar-refractivity contribution in [1.29, 1.82) is 0 Å². The maximum Gasteiger partial charge on any atom is 0.306 e. The van der Waals surface area contributed by atoms with Gasteiger partial charge in [-0.2, -0.15) is 0 Å². The Labute approximate surface area is 241 Å². The molecule has 224 valence electrons. The first kappa shape index (κ1) is 35.2. The van der Waals surface area contributed by atoms with Crippen molar-refractivity contribution in [3.05, 3.63) is 35.9 Å². The standard InChI is InChI=1S/C35H60O4/c1-3-5-7-9-12-17-24-30-35(37)39-33(27-21-8-6-4-2)28-22-15-13-10-11-14-16-23-29-34(36)38-31-32-25-19-18-20-26-32/h18-20,25-26,33H,3-17,21-24,27-31H2,1-2H3. The number of hydrogen-bond donors (Lipinski definition) is 0. The lowest BCUT2D eigenvalue weighted by Crippen LogP contribution is -2.18. The minimum Gasteiger partial charge on any atom is -0.462 e. The summed E-state index contributed by atoms with van der Waals surface area (Å²) in [6.07, 6.45) is 26.1. The molecule has 1 aromatic carbocycles. The summed E-state index contributed by atoms with van der Waals surface area (Å²) >= 11 is 0. The van der Waals surface area contributed by atoms with Gasteiger partial charge in [0, 0.05) is 12.8 Å². The number of carbonyl (C=O) groups excluding carboxylic acids is 2. The van der Waals surface area contributed by atoms with Crippen molar-refractivity contribution in [3.63, 3.8) is 0 Å². The van der Waals surface area contributed by atoms with E-state index in [9.17, 15) is 9.59 Å². The molecule has 0 bridgehead atoms. The molecule has 0 radical (unpaired) electrons. The molecule has 0 aromatic heterocycles. The Morgan fingerprint density at radius 2 is 1.00 bits per heavy atom. The van der Waals surface area contributed by atoms with Crippen LogP contribution in [-0.4, -0.2) is 18.0 Å². The third-order valence-electron chi connectivity index (χ3n) is 7.56. The average molecular weight is 545 g/mol. The summed E-state index contributed by atoms with van der Waals surface area (Å²) in [6, 6.07) is 9.85. The molecule has 0 heterocycles. The fourth-order valence-corrected chi connectivity index (χ4v) is 5.04. The van der Waals surface area contributed by atoms with Gasteiger partial charge in [0.05, 0.1) is 0 Å². The molecule has 1 atom stereocenters. The molecule has 0 saturated carbocycles. The second kappa shape index (κ2) is 26.4. The summed E-state index contributed by atoms with van der Waals surface area (Å²) in [5.74, 6) is -0.0702. The molecular formula is C35H60O4. The highest BCUT2D eigenvalue weighted by atomic mass is 16.5. The van der Waals surface area contributed by atoms with E-state index >= 15 is 0 Å². The molecule has 0 aliphatic heterocycles. The fourth-order valence-electron chi connectivity index (χ4n) is 5.04. The van der Waals surface area contributed by atoms with Gasteiger partial charge in [-0.25, -0.2) is 0 Å². The van der Waals surface area contributed by atoms with Gasteiger partial charge in [-0.15, -0.1) is 0 Å². The molecule has 0 spiro atoms. The first-order valence-electron chi connectivity index (χ1n) is 16.5. The van der Waals surface area contributed by atoms with Gasteiger partial charge >= 0.3 is 11.9 Å². The van der Waals surface area contributed by atoms with Crippen LogP contribution in [0, 0.1) is 0 Å². The van der Waals surface area contributed by atoms with Crippen molar-refractivity contribution >= 4 is 11.9 Å². The van der Waals surface area contributed by atoms with Crippen molar-refractivity contribution < 1.29 is 19.1 Å². The van der Waals surface area contributed by atoms with Crippen molar-refractivity contribution in [2.24, 2.45) is 0 Å². The van der Waals surface area contributed by atoms with E-state index in [-0.39, 0.29) is 18.0 Å². The zero-order valence-electron chi connectivity index (χ0n) is 25.6. The summed E-state index contributed by atoms with van der Waals surface area (Å²) in [5, 5.41) is 0. The van der Waals surface area contributed by atoms with Crippen LogP contribution < -0.4 is 0 Å². The van der Waals surface area contributed by atoms with E-state index in [0.717, 1.165) is 50.5 Å². The fraction of sp³-hybridized carbons (Fsp3) is 0.771. The predicted octanol–water partition coefficient (Wildman–Crippen LogP) is 10.7. The normalized spacial score (nSPS) is 11.8. The van der Waals surface area contributed by atoms with Gasteiger partial charge < -0.3 is 9.47 Å². The topological polar surface area (TPSA) is 52.6 Å². The lowest BCUT2D eigenvalue weighted by Gasteiger charge is -2.18. The van der Waals surface area contributed by atoms with Crippen LogP contribution in [0.2, 0.25) is 0 Å². The molecular weight excluding hydrogens is 484 g/mol. The Morgan fingerprint density at radius 1 is 0.564 bits per heavy atom. The number of rotatable bonds is 27. The van der Waals surface area contributed by atoms with Crippen LogP contribution in [-0.2, 0) is 25.7 Å². The van der Waals surface area contributed by atoms with Gasteiger partial charge in [-0.3, -0.25) is 9.59 Å². The zero-order chi connectivity index (χ0) is 28.2. The molecule has 0 aliphatic rings. The molecule has 0 N–H and O–H groups in total. The highest BCUT2D eigenvalue weighted by Crippen LogP contribution is 2.18. The maximum absolute atomic E-state index is 12.4. The van der Waals surface area contributed by atoms with E-state index in [1.807, 2.05) is 30.3 Å². The highest BCUT2D eigenvalue weighted by Gasteiger charge is 2.14. The smallest absolute Gasteiger partial charge is 0.306 e. The largest absolute Gasteiger partial charge is 0.462 e. The lowest BCUT2D eigenvalue weighted by molar-refractivity contribution is -0.150. The second-order valence-corrected chi connectivity index (χ2v) is 11.3. The minimum absolute atomic E-state index is 0.0213. The maximum atomic E-state index is 12.4. The van der Waals surface area contributed by atoms with Crippen LogP contribution in [0.15, 0.2) is 30.3 Å². The number of unbranched alkanes of at least 4 members (excludes halogenated alkanes) is 16. The summed E-state index contributed by atoms with van der Waals surface area (Å²) in [6.45, 7) is 4.85. The van der Waals surface area contributed by atoms with E-state index in [1.54, 1.807) is 0 Å². The van der Waals surface area contributed by atoms with Gasteiger partial charge in [0.15, 0.2) is 0 Å². The van der Waals surface area contributed by atoms with E-state index in [0.29, 0.717) is 19.4 Å². The number of ether oxygens (including phenoxy) is 2. The monoisotopic (exact) mass is 544 g/mol. The predicted molar refractivity (Wildman–Crippen MR) is 164 cm³/mol. The van der Waals surface area contributed by atoms with Crippen LogP contribution in [0.25, 0.3) is 0 Å². The first-order valence-corrected chi connectivity index (χ1v) is 16.5. The van der Waals surface area contributed by atoms with E-state index in [2.05, 4.69) is 13.8 Å². The Balaban J connectivity index is 2.06. The molecule has 4 nitrogen and oxygen atoms in total. The number of esters is 2. The van der Waals surface area contributed by atoms with Crippen molar-refractivity contribution in [1.82, 2.24) is 0 Å². The Kier molecular flexibility index (Phi) is 23.8. The quantitative estimate of drug-likeness (QED) is 0.0816. The Bertz CT molecular complexity index is 687. The van der Waals surface area contributed by atoms with Gasteiger partial charge in [0.2, 0.25) is 0 Å². The molecule has 1 rings (SSSR count). The van der Waals surface area contributed by atoms with E-state index in [4.69, 9.17) is 9.47 Å². The minimum atomic E-state index is -0.0915. The Hall–Kier alpha value is -1.84. The Morgan fingerprint density at radius 3 is 1.54 bits per heavy atom. The van der Waals surface area contributed by atoms with Crippen molar-refractivity contribution in [2.75, 3.05) is 0 Å². The van der Waals surface area contributed by atoms with Crippen LogP contribution in [0.3, 0.4) is 0 Å². The number of carbonyl (C=O) groups is 2. The lowest BCUT2D eigenvalue weighted by atomic mass is 10.0. The van der Waals surface area contributed by atoms with E-state index < -0.39 is 0 Å². The average Bonchev–Trinajstić information content (AvgIpc) is 2.95. The van der Waals surface area contributed by atoms with Crippen LogP contribution in [0.4, 0.5) is 0 Å². The molecule has 0 amide bonds. The summed E-state index contributed by atoms with van der Waals surface area (Å²) < 4.78 is 11.3. The highest BCUT2D eigenvalue weighted by molar-refractivity contribution is 5.69. The van der Waals surface area contributed by atoms with Crippen molar-refractivity contribution in [2.45, 2.75) is 174 Å². The van der Waals surface area contributed by atoms with E-state index in [1.165, 1.54) is 89.9 Å². The van der Waals surface area contributed by atoms with Crippen LogP contribution >= 0.6 is 0 Å². The third kappa shape index (κ3) is 22.7. The van der Waals surface area contributed by atoms with Gasteiger partial charge in [0.25, 0.3) is 0 Å². The zero-order valence-corrected chi connectivity index (χ0v) is 25.6. The van der Waals surface area contributed by atoms with Gasteiger partial charge in [0.1, 0.15) is 12.7 Å². The molecule has 0 aliphatic carbocycles. The molecule has 0 fully saturated rings. The third-order valence-corrected chi connectivity index (χ3v) is 7.56. The number of hydrogen-bond acceptors (Lipinski definition) is 4. The SMILES string of the molecule is CCCCCCCCCC(=O)OC(CCCCCC)CCCCCCCCCCC(=O)OCc1ccccc1. The van der Waals surface area contributed by atoms with Gasteiger partial charge in [-0.05, 0) is 44.1 Å². The second-order valence-electron chi connectivity index (χ2n) is 11.3. The summed E-state index contributed by atoms with van der Waals surface area (Å²) in [4.78, 5) is 24.3. The molecule has 4 heteroatoms. The summed E-state index contributed by atoms with van der Waals surface area (Å²) in [7, 11) is 0. The van der Waals surface area contributed by atoms with Gasteiger partial charge in [-0.1, -0.05) is 140 Å². The van der Waals surface area contributed by atoms with Crippen molar-refractivity contribution in [3.8, 4) is 0 Å². The molecule has 39 heavy (non-hydrogen) atoms.